The van der Waals surface area contributed by atoms with Gasteiger partial charge in [0.05, 0.1) is 13.2 Å². The molecular weight excluding hydrogens is 267 g/mol. The maximum absolute atomic E-state index is 13.9. The number of rotatable bonds is 4. The average Bonchev–Trinajstić information content (AvgIpc) is 2.42. The molecule has 3 nitrogen and oxygen atoms in total. The second-order valence-corrected chi connectivity index (χ2v) is 4.48. The Bertz CT molecular complexity index is 560. The van der Waals surface area contributed by atoms with E-state index in [0.29, 0.717) is 10.6 Å². The molecule has 0 radical (unpaired) electrons. The minimum absolute atomic E-state index is 0.353. The summed E-state index contributed by atoms with van der Waals surface area (Å²) in [5, 5.41) is 0.353. The molecule has 0 saturated heterocycles. The summed E-state index contributed by atoms with van der Waals surface area (Å²) < 4.78 is 19.0. The SMILES string of the molecule is COc1ccc(C(NN)c2ccc(Cl)cc2F)cc1. The van der Waals surface area contributed by atoms with Crippen molar-refractivity contribution in [2.75, 3.05) is 7.11 Å². The van der Waals surface area contributed by atoms with Crippen LogP contribution in [0.25, 0.3) is 0 Å². The first-order valence-corrected chi connectivity index (χ1v) is 6.08. The zero-order valence-electron chi connectivity index (χ0n) is 10.4. The summed E-state index contributed by atoms with van der Waals surface area (Å²) in [5.41, 5.74) is 3.89. The summed E-state index contributed by atoms with van der Waals surface area (Å²) in [6.07, 6.45) is 0. The van der Waals surface area contributed by atoms with Crippen LogP contribution in [0.2, 0.25) is 5.02 Å². The third-order valence-corrected chi connectivity index (χ3v) is 3.12. The van der Waals surface area contributed by atoms with E-state index < -0.39 is 11.9 Å². The lowest BCUT2D eigenvalue weighted by Crippen LogP contribution is -2.29. The van der Waals surface area contributed by atoms with Crippen molar-refractivity contribution in [3.05, 3.63) is 64.4 Å². The lowest BCUT2D eigenvalue weighted by atomic mass is 9.99. The summed E-state index contributed by atoms with van der Waals surface area (Å²) in [6.45, 7) is 0. The second-order valence-electron chi connectivity index (χ2n) is 4.04. The van der Waals surface area contributed by atoms with E-state index in [0.717, 1.165) is 11.3 Å². The van der Waals surface area contributed by atoms with E-state index in [1.165, 1.54) is 6.07 Å². The van der Waals surface area contributed by atoms with Crippen LogP contribution in [-0.2, 0) is 0 Å². The van der Waals surface area contributed by atoms with Crippen LogP contribution in [0.5, 0.6) is 5.75 Å². The van der Waals surface area contributed by atoms with Gasteiger partial charge in [-0.2, -0.15) is 0 Å². The number of hydrogen-bond donors (Lipinski definition) is 2. The Morgan fingerprint density at radius 1 is 1.21 bits per heavy atom. The zero-order chi connectivity index (χ0) is 13.8. The maximum Gasteiger partial charge on any atom is 0.129 e. The van der Waals surface area contributed by atoms with Gasteiger partial charge in [0.25, 0.3) is 0 Å². The highest BCUT2D eigenvalue weighted by Gasteiger charge is 2.16. The molecule has 0 bridgehead atoms. The van der Waals surface area contributed by atoms with Gasteiger partial charge >= 0.3 is 0 Å². The largest absolute Gasteiger partial charge is 0.497 e. The molecule has 0 aliphatic heterocycles. The molecule has 100 valence electrons. The standard InChI is InChI=1S/C14H14ClFN2O/c1-19-11-5-2-9(3-6-11)14(18-17)12-7-4-10(15)8-13(12)16/h2-8,14,18H,17H2,1H3. The summed E-state index contributed by atoms with van der Waals surface area (Å²) >= 11 is 5.74. The quantitative estimate of drug-likeness (QED) is 0.668. The predicted molar refractivity (Wildman–Crippen MR) is 73.6 cm³/mol. The maximum atomic E-state index is 13.9. The molecule has 0 aliphatic carbocycles. The topological polar surface area (TPSA) is 47.3 Å². The van der Waals surface area contributed by atoms with Gasteiger partial charge in [-0.1, -0.05) is 29.8 Å². The van der Waals surface area contributed by atoms with Crippen molar-refractivity contribution in [1.82, 2.24) is 5.43 Å². The number of benzene rings is 2. The van der Waals surface area contributed by atoms with Gasteiger partial charge in [-0.25, -0.2) is 9.82 Å². The van der Waals surface area contributed by atoms with Crippen LogP contribution in [0, 0.1) is 5.82 Å². The molecule has 3 N–H and O–H groups in total. The Hall–Kier alpha value is -1.62. The van der Waals surface area contributed by atoms with Crippen LogP contribution >= 0.6 is 11.6 Å². The average molecular weight is 281 g/mol. The van der Waals surface area contributed by atoms with E-state index >= 15 is 0 Å². The van der Waals surface area contributed by atoms with Gasteiger partial charge in [-0.3, -0.25) is 5.84 Å². The lowest BCUT2D eigenvalue weighted by Gasteiger charge is -2.18. The molecule has 5 heteroatoms. The summed E-state index contributed by atoms with van der Waals surface area (Å²) in [4.78, 5) is 0. The van der Waals surface area contributed by atoms with Crippen LogP contribution in [-0.4, -0.2) is 7.11 Å². The molecule has 1 atom stereocenters. The molecule has 0 aromatic heterocycles. The predicted octanol–water partition coefficient (Wildman–Crippen LogP) is 3.04. The van der Waals surface area contributed by atoms with Crippen molar-refractivity contribution < 1.29 is 9.13 Å². The monoisotopic (exact) mass is 280 g/mol. The minimum Gasteiger partial charge on any atom is -0.497 e. The Morgan fingerprint density at radius 2 is 1.89 bits per heavy atom. The highest BCUT2D eigenvalue weighted by atomic mass is 35.5. The smallest absolute Gasteiger partial charge is 0.129 e. The van der Waals surface area contributed by atoms with E-state index in [4.69, 9.17) is 22.2 Å². The van der Waals surface area contributed by atoms with Gasteiger partial charge in [0, 0.05) is 10.6 Å². The first kappa shape index (κ1) is 13.8. The molecule has 1 unspecified atom stereocenters. The van der Waals surface area contributed by atoms with Gasteiger partial charge < -0.3 is 4.74 Å². The Morgan fingerprint density at radius 3 is 2.42 bits per heavy atom. The number of ether oxygens (including phenoxy) is 1. The molecule has 2 aromatic rings. The highest BCUT2D eigenvalue weighted by Crippen LogP contribution is 2.27. The van der Waals surface area contributed by atoms with Crippen molar-refractivity contribution in [3.8, 4) is 5.75 Å². The van der Waals surface area contributed by atoms with E-state index in [1.807, 2.05) is 12.1 Å². The van der Waals surface area contributed by atoms with Crippen LogP contribution < -0.4 is 16.0 Å². The molecule has 0 spiro atoms. The number of hydrogen-bond acceptors (Lipinski definition) is 3. The zero-order valence-corrected chi connectivity index (χ0v) is 11.1. The van der Waals surface area contributed by atoms with E-state index in [9.17, 15) is 4.39 Å². The molecule has 19 heavy (non-hydrogen) atoms. The lowest BCUT2D eigenvalue weighted by molar-refractivity contribution is 0.414. The Labute approximate surface area is 116 Å². The fourth-order valence-electron chi connectivity index (χ4n) is 1.90. The van der Waals surface area contributed by atoms with E-state index in [1.54, 1.807) is 31.4 Å². The summed E-state index contributed by atoms with van der Waals surface area (Å²) in [6, 6.07) is 11.3. The van der Waals surface area contributed by atoms with Crippen LogP contribution in [0.1, 0.15) is 17.2 Å². The number of nitrogens with one attached hydrogen (secondary N) is 1. The highest BCUT2D eigenvalue weighted by molar-refractivity contribution is 6.30. The third kappa shape index (κ3) is 3.04. The Balaban J connectivity index is 2.37. The minimum atomic E-state index is -0.442. The third-order valence-electron chi connectivity index (χ3n) is 2.89. The van der Waals surface area contributed by atoms with E-state index in [2.05, 4.69) is 5.43 Å². The number of nitrogens with two attached hydrogens (primary N) is 1. The number of halogens is 2. The molecule has 0 fully saturated rings. The molecule has 0 saturated carbocycles. The van der Waals surface area contributed by atoms with Crippen LogP contribution in [0.15, 0.2) is 42.5 Å². The summed E-state index contributed by atoms with van der Waals surface area (Å²) in [5.74, 6) is 5.87. The Kier molecular flexibility index (Phi) is 4.37. The van der Waals surface area contributed by atoms with Crippen molar-refractivity contribution in [1.29, 1.82) is 0 Å². The van der Waals surface area contributed by atoms with Crippen LogP contribution in [0.3, 0.4) is 0 Å². The van der Waals surface area contributed by atoms with Gasteiger partial charge in [0.1, 0.15) is 11.6 Å². The van der Waals surface area contributed by atoms with E-state index in [-0.39, 0.29) is 0 Å². The first-order chi connectivity index (χ1) is 9.15. The second kappa shape index (κ2) is 6.02. The van der Waals surface area contributed by atoms with Gasteiger partial charge in [-0.15, -0.1) is 0 Å². The van der Waals surface area contributed by atoms with Crippen LogP contribution in [0.4, 0.5) is 4.39 Å². The normalized spacial score (nSPS) is 12.2. The molecule has 0 aliphatic rings. The van der Waals surface area contributed by atoms with Crippen molar-refractivity contribution >= 4 is 11.6 Å². The molecule has 0 amide bonds. The first-order valence-electron chi connectivity index (χ1n) is 5.70. The van der Waals surface area contributed by atoms with Crippen molar-refractivity contribution in [2.24, 2.45) is 5.84 Å². The summed E-state index contributed by atoms with van der Waals surface area (Å²) in [7, 11) is 1.59. The number of methoxy groups -OCH3 is 1. The van der Waals surface area contributed by atoms with Gasteiger partial charge in [0.15, 0.2) is 0 Å². The van der Waals surface area contributed by atoms with Crippen molar-refractivity contribution in [3.63, 3.8) is 0 Å². The molecule has 2 rings (SSSR count). The van der Waals surface area contributed by atoms with Gasteiger partial charge in [-0.05, 0) is 29.8 Å². The van der Waals surface area contributed by atoms with Crippen molar-refractivity contribution in [2.45, 2.75) is 6.04 Å². The number of hydrazine groups is 1. The fraction of sp³-hybridized carbons (Fsp3) is 0.143. The van der Waals surface area contributed by atoms with Gasteiger partial charge in [0.2, 0.25) is 0 Å². The molecule has 2 aromatic carbocycles. The molecule has 0 heterocycles. The fourth-order valence-corrected chi connectivity index (χ4v) is 2.06. The molecular formula is C14H14ClFN2O.